The van der Waals surface area contributed by atoms with Gasteiger partial charge in [0.05, 0.1) is 10.6 Å². The Hall–Kier alpha value is -1.77. The van der Waals surface area contributed by atoms with Crippen molar-refractivity contribution in [3.63, 3.8) is 0 Å². The summed E-state index contributed by atoms with van der Waals surface area (Å²) in [6, 6.07) is 6.01. The third-order valence-corrected chi connectivity index (χ3v) is 6.65. The topological polar surface area (TPSA) is 79.4 Å². The van der Waals surface area contributed by atoms with Crippen molar-refractivity contribution in [2.45, 2.75) is 38.0 Å². The van der Waals surface area contributed by atoms with Crippen molar-refractivity contribution in [1.82, 2.24) is 9.29 Å². The molecular formula is C17H23N3O3S2. The van der Waals surface area contributed by atoms with Gasteiger partial charge in [-0.05, 0) is 31.0 Å². The number of carbonyl (C=O) groups is 1. The number of amides is 1. The van der Waals surface area contributed by atoms with Gasteiger partial charge in [0.15, 0.2) is 5.13 Å². The van der Waals surface area contributed by atoms with Crippen LogP contribution >= 0.6 is 11.3 Å². The number of thiazole rings is 1. The summed E-state index contributed by atoms with van der Waals surface area (Å²) in [5, 5.41) is 3.33. The van der Waals surface area contributed by atoms with Crippen molar-refractivity contribution in [1.29, 1.82) is 0 Å². The van der Waals surface area contributed by atoms with Gasteiger partial charge < -0.3 is 0 Å². The van der Waals surface area contributed by atoms with Gasteiger partial charge in [0.2, 0.25) is 10.0 Å². The third-order valence-electron chi connectivity index (χ3n) is 3.68. The van der Waals surface area contributed by atoms with E-state index in [1.165, 1.54) is 42.4 Å². The largest absolute Gasteiger partial charge is 0.298 e. The summed E-state index contributed by atoms with van der Waals surface area (Å²) in [5.41, 5.74) is 1.31. The summed E-state index contributed by atoms with van der Waals surface area (Å²) < 4.78 is 25.5. The maximum atomic E-state index is 12.5. The lowest BCUT2D eigenvalue weighted by Gasteiger charge is -2.12. The molecule has 0 saturated heterocycles. The van der Waals surface area contributed by atoms with E-state index in [9.17, 15) is 13.2 Å². The lowest BCUT2D eigenvalue weighted by atomic mass is 10.2. The Bertz CT molecular complexity index is 858. The van der Waals surface area contributed by atoms with E-state index in [0.717, 1.165) is 29.3 Å². The molecule has 0 unspecified atom stereocenters. The number of hydrogen-bond acceptors (Lipinski definition) is 5. The van der Waals surface area contributed by atoms with Crippen LogP contribution in [0.25, 0.3) is 0 Å². The van der Waals surface area contributed by atoms with E-state index in [2.05, 4.69) is 24.1 Å². The fourth-order valence-electron chi connectivity index (χ4n) is 2.32. The summed E-state index contributed by atoms with van der Waals surface area (Å²) >= 11 is 1.47. The molecule has 0 saturated carbocycles. The maximum absolute atomic E-state index is 12.5. The first-order chi connectivity index (χ1) is 11.8. The van der Waals surface area contributed by atoms with Crippen molar-refractivity contribution in [2.24, 2.45) is 0 Å². The number of anilines is 1. The van der Waals surface area contributed by atoms with E-state index in [1.807, 2.05) is 0 Å². The molecule has 0 radical (unpaired) electrons. The second kappa shape index (κ2) is 8.07. The van der Waals surface area contributed by atoms with Gasteiger partial charge in [-0.1, -0.05) is 26.3 Å². The Morgan fingerprint density at radius 1 is 1.28 bits per heavy atom. The molecule has 2 rings (SSSR count). The smallest absolute Gasteiger partial charge is 0.257 e. The van der Waals surface area contributed by atoms with Gasteiger partial charge in [0.1, 0.15) is 0 Å². The minimum Gasteiger partial charge on any atom is -0.298 e. The van der Waals surface area contributed by atoms with Gasteiger partial charge in [-0.3, -0.25) is 10.1 Å². The highest BCUT2D eigenvalue weighted by atomic mass is 32.2. The minimum absolute atomic E-state index is 0.0882. The molecule has 0 aliphatic heterocycles. The monoisotopic (exact) mass is 381 g/mol. The van der Waals surface area contributed by atoms with E-state index in [4.69, 9.17) is 0 Å². The first kappa shape index (κ1) is 19.6. The standard InChI is InChI=1S/C17H23N3O3S2/c1-5-8-14-15(6-2)24-17(18-14)19-16(21)12-9-7-10-13(11-12)25(22,23)20(3)4/h7,9-11H,5-6,8H2,1-4H3,(H,18,19,21). The molecule has 0 aliphatic rings. The molecular weight excluding hydrogens is 358 g/mol. The number of benzene rings is 1. The van der Waals surface area contributed by atoms with Crippen LogP contribution in [0.5, 0.6) is 0 Å². The molecule has 1 aromatic heterocycles. The van der Waals surface area contributed by atoms with Crippen LogP contribution in [-0.2, 0) is 22.9 Å². The molecule has 0 fully saturated rings. The first-order valence-electron chi connectivity index (χ1n) is 8.12. The molecule has 6 nitrogen and oxygen atoms in total. The predicted octanol–water partition coefficient (Wildman–Crippen LogP) is 3.16. The molecule has 0 atom stereocenters. The van der Waals surface area contributed by atoms with Gasteiger partial charge in [-0.15, -0.1) is 11.3 Å². The van der Waals surface area contributed by atoms with Gasteiger partial charge in [-0.25, -0.2) is 17.7 Å². The van der Waals surface area contributed by atoms with Gasteiger partial charge in [0, 0.05) is 24.5 Å². The number of nitrogens with one attached hydrogen (secondary N) is 1. The van der Waals surface area contributed by atoms with Crippen molar-refractivity contribution >= 4 is 32.4 Å². The molecule has 136 valence electrons. The molecule has 1 aromatic carbocycles. The Kier molecular flexibility index (Phi) is 6.31. The zero-order valence-electron chi connectivity index (χ0n) is 14.9. The quantitative estimate of drug-likeness (QED) is 0.799. The maximum Gasteiger partial charge on any atom is 0.257 e. The molecule has 0 spiro atoms. The first-order valence-corrected chi connectivity index (χ1v) is 10.4. The summed E-state index contributed by atoms with van der Waals surface area (Å²) in [6.45, 7) is 4.15. The van der Waals surface area contributed by atoms with Crippen LogP contribution < -0.4 is 5.32 Å². The van der Waals surface area contributed by atoms with Crippen LogP contribution in [0.2, 0.25) is 0 Å². The highest BCUT2D eigenvalue weighted by Crippen LogP contribution is 2.25. The number of carbonyl (C=O) groups excluding carboxylic acids is 1. The number of nitrogens with zero attached hydrogens (tertiary/aromatic N) is 2. The van der Waals surface area contributed by atoms with E-state index >= 15 is 0 Å². The zero-order chi connectivity index (χ0) is 18.6. The van der Waals surface area contributed by atoms with Gasteiger partial charge >= 0.3 is 0 Å². The number of sulfonamides is 1. The average Bonchev–Trinajstić information content (AvgIpc) is 2.96. The van der Waals surface area contributed by atoms with Crippen molar-refractivity contribution in [3.8, 4) is 0 Å². The molecule has 1 heterocycles. The van der Waals surface area contributed by atoms with Crippen molar-refractivity contribution in [3.05, 3.63) is 40.4 Å². The van der Waals surface area contributed by atoms with E-state index in [0.29, 0.717) is 5.13 Å². The van der Waals surface area contributed by atoms with Crippen molar-refractivity contribution in [2.75, 3.05) is 19.4 Å². The summed E-state index contributed by atoms with van der Waals surface area (Å²) in [6.07, 6.45) is 2.75. The second-order valence-electron chi connectivity index (χ2n) is 5.76. The molecule has 8 heteroatoms. The molecule has 0 bridgehead atoms. The zero-order valence-corrected chi connectivity index (χ0v) is 16.5. The lowest BCUT2D eigenvalue weighted by molar-refractivity contribution is 0.102. The van der Waals surface area contributed by atoms with Gasteiger partial charge in [0.25, 0.3) is 5.91 Å². The normalized spacial score (nSPS) is 11.7. The number of rotatable bonds is 7. The summed E-state index contributed by atoms with van der Waals surface area (Å²) in [5.74, 6) is -0.366. The molecule has 25 heavy (non-hydrogen) atoms. The van der Waals surface area contributed by atoms with Crippen molar-refractivity contribution < 1.29 is 13.2 Å². The molecule has 1 N–H and O–H groups in total. The van der Waals surface area contributed by atoms with Crippen LogP contribution in [0.1, 0.15) is 41.2 Å². The van der Waals surface area contributed by atoms with E-state index in [1.54, 1.807) is 12.1 Å². The Morgan fingerprint density at radius 2 is 2.00 bits per heavy atom. The highest BCUT2D eigenvalue weighted by molar-refractivity contribution is 7.89. The van der Waals surface area contributed by atoms with Crippen LogP contribution in [0.4, 0.5) is 5.13 Å². The summed E-state index contributed by atoms with van der Waals surface area (Å²) in [4.78, 5) is 18.2. The lowest BCUT2D eigenvalue weighted by Crippen LogP contribution is -2.22. The number of aromatic nitrogens is 1. The second-order valence-corrected chi connectivity index (χ2v) is 9.00. The van der Waals surface area contributed by atoms with Crippen LogP contribution in [-0.4, -0.2) is 37.7 Å². The van der Waals surface area contributed by atoms with Crippen LogP contribution in [0.3, 0.4) is 0 Å². The van der Waals surface area contributed by atoms with E-state index in [-0.39, 0.29) is 16.4 Å². The molecule has 2 aromatic rings. The Morgan fingerprint density at radius 3 is 2.60 bits per heavy atom. The summed E-state index contributed by atoms with van der Waals surface area (Å²) in [7, 11) is -0.664. The highest BCUT2D eigenvalue weighted by Gasteiger charge is 2.19. The van der Waals surface area contributed by atoms with Crippen LogP contribution in [0.15, 0.2) is 29.2 Å². The molecule has 0 aliphatic carbocycles. The SMILES string of the molecule is CCCc1nc(NC(=O)c2cccc(S(=O)(=O)N(C)C)c2)sc1CC. The van der Waals surface area contributed by atoms with Gasteiger partial charge in [-0.2, -0.15) is 0 Å². The molecule has 1 amide bonds. The third kappa shape index (κ3) is 4.45. The van der Waals surface area contributed by atoms with Crippen LogP contribution in [0, 0.1) is 0 Å². The predicted molar refractivity (Wildman–Crippen MR) is 101 cm³/mol. The Labute approximate surface area is 153 Å². The average molecular weight is 382 g/mol. The van der Waals surface area contributed by atoms with E-state index < -0.39 is 10.0 Å². The minimum atomic E-state index is -3.58. The Balaban J connectivity index is 2.25. The number of aryl methyl sites for hydroxylation is 2. The fraction of sp³-hybridized carbons (Fsp3) is 0.412. The fourth-order valence-corrected chi connectivity index (χ4v) is 4.21. The number of hydrogen-bond donors (Lipinski definition) is 1.